The molecule has 0 aliphatic heterocycles. The first kappa shape index (κ1) is 23.7. The van der Waals surface area contributed by atoms with Crippen molar-refractivity contribution in [2.24, 2.45) is 7.05 Å². The molecule has 11 heteroatoms. The van der Waals surface area contributed by atoms with E-state index in [1.165, 1.54) is 12.3 Å². The fourth-order valence-electron chi connectivity index (χ4n) is 5.03. The Morgan fingerprint density at radius 3 is 2.78 bits per heavy atom. The number of carbonyl (C=O) groups excluding carboxylic acids is 1. The Labute approximate surface area is 221 Å². The lowest BCUT2D eigenvalue weighted by Crippen LogP contribution is -2.39. The number of nitrogens with one attached hydrogen (secondary N) is 1. The van der Waals surface area contributed by atoms with Gasteiger partial charge in [0.05, 0.1) is 29.2 Å². The van der Waals surface area contributed by atoms with E-state index in [-0.39, 0.29) is 23.8 Å². The maximum atomic E-state index is 15.0. The second kappa shape index (κ2) is 9.68. The summed E-state index contributed by atoms with van der Waals surface area (Å²) >= 11 is 7.12. The van der Waals surface area contributed by atoms with E-state index in [1.54, 1.807) is 23.0 Å². The van der Waals surface area contributed by atoms with Gasteiger partial charge in [-0.3, -0.25) is 14.5 Å². The maximum Gasteiger partial charge on any atom is 0.280 e. The summed E-state index contributed by atoms with van der Waals surface area (Å²) < 4.78 is 19.3. The van der Waals surface area contributed by atoms with Crippen molar-refractivity contribution in [2.45, 2.75) is 37.8 Å². The molecule has 6 rings (SSSR count). The van der Waals surface area contributed by atoms with E-state index in [9.17, 15) is 9.18 Å². The fourth-order valence-corrected chi connectivity index (χ4v) is 5.84. The molecule has 0 bridgehead atoms. The van der Waals surface area contributed by atoms with E-state index in [0.29, 0.717) is 32.7 Å². The van der Waals surface area contributed by atoms with Crippen LogP contribution in [-0.2, 0) is 7.05 Å². The zero-order chi connectivity index (χ0) is 25.5. The van der Waals surface area contributed by atoms with Crippen LogP contribution >= 0.6 is 22.9 Å². The number of fused-ring (bicyclic) bond motifs is 1. The first-order chi connectivity index (χ1) is 18.0. The Morgan fingerprint density at radius 2 is 2.03 bits per heavy atom. The normalized spacial score (nSPS) is 17.8. The van der Waals surface area contributed by atoms with Crippen molar-refractivity contribution in [1.29, 1.82) is 0 Å². The second-order valence-electron chi connectivity index (χ2n) is 9.18. The van der Waals surface area contributed by atoms with Crippen molar-refractivity contribution in [1.82, 2.24) is 34.6 Å². The van der Waals surface area contributed by atoms with Crippen LogP contribution in [-0.4, -0.2) is 41.2 Å². The first-order valence-electron chi connectivity index (χ1n) is 12.0. The molecule has 1 aliphatic rings. The molecule has 1 N–H and O–H groups in total. The van der Waals surface area contributed by atoms with Gasteiger partial charge in [0.2, 0.25) is 0 Å². The standard InChI is InChI=1S/C26H23ClFN7OS/c1-34-10-9-19(33-34)20-12-22-21(13-29-20)32-24(17-7-2-3-8-18(17)28)35(22)16-6-4-5-15(11-16)31-25(36)26-30-14-23(27)37-26/h2-3,7-10,12-16H,4-6,11H2,1H3,(H,31,36)/t15-,16+/m0/s1. The molecule has 1 fully saturated rings. The first-order valence-corrected chi connectivity index (χ1v) is 13.2. The number of thiazole rings is 1. The maximum absolute atomic E-state index is 15.0. The fraction of sp³-hybridized carbons (Fsp3) is 0.269. The van der Waals surface area contributed by atoms with Crippen LogP contribution in [0.25, 0.3) is 33.8 Å². The van der Waals surface area contributed by atoms with Gasteiger partial charge in [-0.1, -0.05) is 35.1 Å². The quantitative estimate of drug-likeness (QED) is 0.313. The molecular formula is C26H23ClFN7OS. The summed E-state index contributed by atoms with van der Waals surface area (Å²) in [6.45, 7) is 0. The zero-order valence-electron chi connectivity index (χ0n) is 19.9. The average Bonchev–Trinajstić information content (AvgIpc) is 3.62. The second-order valence-corrected chi connectivity index (χ2v) is 10.8. The number of aromatic nitrogens is 6. The number of benzene rings is 1. The number of imidazole rings is 1. The van der Waals surface area contributed by atoms with Crippen LogP contribution in [0.2, 0.25) is 4.34 Å². The van der Waals surface area contributed by atoms with Gasteiger partial charge in [-0.15, -0.1) is 0 Å². The molecule has 1 aliphatic carbocycles. The Kier molecular flexibility index (Phi) is 6.21. The van der Waals surface area contributed by atoms with Gasteiger partial charge < -0.3 is 9.88 Å². The molecule has 2 atom stereocenters. The molecule has 8 nitrogen and oxygen atoms in total. The molecule has 5 aromatic rings. The lowest BCUT2D eigenvalue weighted by molar-refractivity contribution is 0.0920. The van der Waals surface area contributed by atoms with Crippen molar-refractivity contribution in [3.05, 3.63) is 70.1 Å². The van der Waals surface area contributed by atoms with E-state index >= 15 is 0 Å². The minimum atomic E-state index is -0.335. The summed E-state index contributed by atoms with van der Waals surface area (Å²) in [6, 6.07) is 10.5. The van der Waals surface area contributed by atoms with Gasteiger partial charge in [0, 0.05) is 25.3 Å². The molecule has 37 heavy (non-hydrogen) atoms. The number of amides is 1. The monoisotopic (exact) mass is 535 g/mol. The molecule has 4 aromatic heterocycles. The third-order valence-corrected chi connectivity index (χ3v) is 7.80. The average molecular weight is 536 g/mol. The number of carbonyl (C=O) groups is 1. The van der Waals surface area contributed by atoms with E-state index in [4.69, 9.17) is 16.6 Å². The molecule has 4 heterocycles. The highest BCUT2D eigenvalue weighted by Gasteiger charge is 2.29. The summed E-state index contributed by atoms with van der Waals surface area (Å²) in [7, 11) is 1.86. The van der Waals surface area contributed by atoms with Gasteiger partial charge in [-0.25, -0.2) is 14.4 Å². The number of hydrogen-bond acceptors (Lipinski definition) is 6. The highest BCUT2D eigenvalue weighted by atomic mass is 35.5. The van der Waals surface area contributed by atoms with Gasteiger partial charge in [0.1, 0.15) is 27.2 Å². The number of aryl methyl sites for hydroxylation is 1. The third-order valence-electron chi connectivity index (χ3n) is 6.69. The van der Waals surface area contributed by atoms with Crippen molar-refractivity contribution in [2.75, 3.05) is 0 Å². The number of halogens is 2. The van der Waals surface area contributed by atoms with Crippen LogP contribution in [0.15, 0.2) is 55.0 Å². The van der Waals surface area contributed by atoms with Crippen molar-refractivity contribution >= 4 is 39.9 Å². The largest absolute Gasteiger partial charge is 0.347 e. The van der Waals surface area contributed by atoms with Crippen LogP contribution in [0.3, 0.4) is 0 Å². The minimum Gasteiger partial charge on any atom is -0.347 e. The highest BCUT2D eigenvalue weighted by molar-refractivity contribution is 7.17. The lowest BCUT2D eigenvalue weighted by atomic mass is 9.90. The van der Waals surface area contributed by atoms with Gasteiger partial charge >= 0.3 is 0 Å². The van der Waals surface area contributed by atoms with E-state index in [0.717, 1.165) is 47.5 Å². The van der Waals surface area contributed by atoms with Crippen LogP contribution in [0.1, 0.15) is 41.5 Å². The summed E-state index contributed by atoms with van der Waals surface area (Å²) in [5, 5.41) is 7.95. The van der Waals surface area contributed by atoms with Gasteiger partial charge in [0.15, 0.2) is 5.01 Å². The number of rotatable bonds is 5. The Balaban J connectivity index is 1.40. The Morgan fingerprint density at radius 1 is 1.16 bits per heavy atom. The van der Waals surface area contributed by atoms with Gasteiger partial charge in [0.25, 0.3) is 5.91 Å². The van der Waals surface area contributed by atoms with Gasteiger partial charge in [-0.05, 0) is 49.9 Å². The summed E-state index contributed by atoms with van der Waals surface area (Å²) in [4.78, 5) is 26.3. The molecule has 188 valence electrons. The number of hydrogen-bond donors (Lipinski definition) is 1. The molecule has 0 unspecified atom stereocenters. The van der Waals surface area contributed by atoms with Crippen molar-refractivity contribution in [3.8, 4) is 22.8 Å². The highest BCUT2D eigenvalue weighted by Crippen LogP contribution is 2.37. The molecular weight excluding hydrogens is 513 g/mol. The Bertz CT molecular complexity index is 1610. The van der Waals surface area contributed by atoms with E-state index in [1.807, 2.05) is 31.4 Å². The zero-order valence-corrected chi connectivity index (χ0v) is 21.5. The molecule has 1 amide bonds. The molecule has 0 radical (unpaired) electrons. The number of nitrogens with zero attached hydrogens (tertiary/aromatic N) is 6. The van der Waals surface area contributed by atoms with Crippen LogP contribution in [0, 0.1) is 5.82 Å². The van der Waals surface area contributed by atoms with Crippen LogP contribution in [0.4, 0.5) is 4.39 Å². The van der Waals surface area contributed by atoms with E-state index < -0.39 is 0 Å². The van der Waals surface area contributed by atoms with Crippen LogP contribution < -0.4 is 5.32 Å². The molecule has 1 aromatic carbocycles. The topological polar surface area (TPSA) is 90.5 Å². The van der Waals surface area contributed by atoms with Crippen LogP contribution in [0.5, 0.6) is 0 Å². The SMILES string of the molecule is Cn1ccc(-c2cc3c(cn2)nc(-c2ccccc2F)n3[C@@H]2CCC[C@H](NC(=O)c3ncc(Cl)s3)C2)n1. The Hall–Kier alpha value is -3.63. The smallest absolute Gasteiger partial charge is 0.280 e. The minimum absolute atomic E-state index is 0.00229. The molecule has 0 saturated heterocycles. The summed E-state index contributed by atoms with van der Waals surface area (Å²) in [5.74, 6) is -0.0102. The predicted octanol–water partition coefficient (Wildman–Crippen LogP) is 5.66. The van der Waals surface area contributed by atoms with Crippen molar-refractivity contribution in [3.63, 3.8) is 0 Å². The summed E-state index contributed by atoms with van der Waals surface area (Å²) in [6.07, 6.45) is 8.38. The molecule has 1 saturated carbocycles. The van der Waals surface area contributed by atoms with Crippen molar-refractivity contribution < 1.29 is 9.18 Å². The predicted molar refractivity (Wildman–Crippen MR) is 141 cm³/mol. The third kappa shape index (κ3) is 4.62. The molecule has 0 spiro atoms. The van der Waals surface area contributed by atoms with E-state index in [2.05, 4.69) is 25.0 Å². The lowest BCUT2D eigenvalue weighted by Gasteiger charge is -2.32. The summed E-state index contributed by atoms with van der Waals surface area (Å²) in [5.41, 5.74) is 3.44. The number of pyridine rings is 1. The van der Waals surface area contributed by atoms with Gasteiger partial charge in [-0.2, -0.15) is 5.10 Å².